The Hall–Kier alpha value is -2.43. The van der Waals surface area contributed by atoms with Crippen LogP contribution in [0.5, 0.6) is 0 Å². The zero-order chi connectivity index (χ0) is 14.2. The number of carbonyl (C=O) groups excluding carboxylic acids is 1. The quantitative estimate of drug-likeness (QED) is 0.841. The Morgan fingerprint density at radius 3 is 2.80 bits per heavy atom. The second kappa shape index (κ2) is 7.23. The largest absolute Gasteiger partial charge is 0.384 e. The van der Waals surface area contributed by atoms with Crippen LogP contribution in [0, 0.1) is 0 Å². The molecule has 20 heavy (non-hydrogen) atoms. The van der Waals surface area contributed by atoms with E-state index in [1.54, 1.807) is 24.7 Å². The lowest BCUT2D eigenvalue weighted by Crippen LogP contribution is -2.26. The highest BCUT2D eigenvalue weighted by atomic mass is 16.1. The maximum absolute atomic E-state index is 11.9. The Balaban J connectivity index is 1.82. The molecular formula is C15H18N4O. The van der Waals surface area contributed by atoms with E-state index in [9.17, 15) is 4.79 Å². The molecule has 2 heterocycles. The number of rotatable bonds is 6. The van der Waals surface area contributed by atoms with Gasteiger partial charge in [0.2, 0.25) is 0 Å². The first-order valence-electron chi connectivity index (χ1n) is 6.66. The predicted molar refractivity (Wildman–Crippen MR) is 78.7 cm³/mol. The summed E-state index contributed by atoms with van der Waals surface area (Å²) in [5.41, 5.74) is 2.44. The van der Waals surface area contributed by atoms with Crippen molar-refractivity contribution in [1.29, 1.82) is 0 Å². The highest BCUT2D eigenvalue weighted by Crippen LogP contribution is 2.05. The summed E-state index contributed by atoms with van der Waals surface area (Å²) >= 11 is 0. The average Bonchev–Trinajstić information content (AvgIpc) is 2.49. The zero-order valence-corrected chi connectivity index (χ0v) is 11.5. The monoisotopic (exact) mass is 270 g/mol. The number of nitrogens with zero attached hydrogens (tertiary/aromatic N) is 2. The van der Waals surface area contributed by atoms with E-state index in [1.165, 1.54) is 0 Å². The normalized spacial score (nSPS) is 10.1. The summed E-state index contributed by atoms with van der Waals surface area (Å²) in [6, 6.07) is 7.45. The third-order valence-electron chi connectivity index (χ3n) is 2.80. The van der Waals surface area contributed by atoms with Gasteiger partial charge in [-0.05, 0) is 37.1 Å². The third kappa shape index (κ3) is 4.05. The van der Waals surface area contributed by atoms with Crippen LogP contribution in [0.1, 0.15) is 23.0 Å². The minimum absolute atomic E-state index is 0.156. The van der Waals surface area contributed by atoms with E-state index in [0.717, 1.165) is 24.2 Å². The lowest BCUT2D eigenvalue weighted by molar-refractivity contribution is 0.0949. The van der Waals surface area contributed by atoms with E-state index in [1.807, 2.05) is 25.1 Å². The SMILES string of the molecule is CCNc1ccc(C(=O)NCCc2cccnc2)nc1. The van der Waals surface area contributed by atoms with Crippen LogP contribution >= 0.6 is 0 Å². The van der Waals surface area contributed by atoms with Crippen LogP contribution in [0.15, 0.2) is 42.9 Å². The van der Waals surface area contributed by atoms with Crippen LogP contribution in [-0.2, 0) is 6.42 Å². The maximum atomic E-state index is 11.9. The first-order chi connectivity index (χ1) is 9.79. The molecule has 0 aliphatic rings. The van der Waals surface area contributed by atoms with Crippen molar-refractivity contribution in [3.05, 3.63) is 54.1 Å². The molecular weight excluding hydrogens is 252 g/mol. The van der Waals surface area contributed by atoms with Crippen LogP contribution in [-0.4, -0.2) is 29.0 Å². The Morgan fingerprint density at radius 1 is 1.25 bits per heavy atom. The fraction of sp³-hybridized carbons (Fsp3) is 0.267. The number of amides is 1. The summed E-state index contributed by atoms with van der Waals surface area (Å²) in [5, 5.41) is 5.99. The van der Waals surface area contributed by atoms with E-state index in [2.05, 4.69) is 20.6 Å². The number of nitrogens with one attached hydrogen (secondary N) is 2. The van der Waals surface area contributed by atoms with Crippen molar-refractivity contribution in [2.24, 2.45) is 0 Å². The van der Waals surface area contributed by atoms with Crippen LogP contribution in [0.25, 0.3) is 0 Å². The van der Waals surface area contributed by atoms with E-state index in [-0.39, 0.29) is 5.91 Å². The topological polar surface area (TPSA) is 66.9 Å². The molecule has 2 aromatic heterocycles. The Labute approximate surface area is 118 Å². The lowest BCUT2D eigenvalue weighted by atomic mass is 10.2. The lowest BCUT2D eigenvalue weighted by Gasteiger charge is -2.06. The fourth-order valence-electron chi connectivity index (χ4n) is 1.79. The molecule has 0 saturated carbocycles. The van der Waals surface area contributed by atoms with Gasteiger partial charge in [0.25, 0.3) is 5.91 Å². The first-order valence-corrected chi connectivity index (χ1v) is 6.66. The summed E-state index contributed by atoms with van der Waals surface area (Å²) in [6.07, 6.45) is 5.96. The number of pyridine rings is 2. The van der Waals surface area contributed by atoms with Gasteiger partial charge in [-0.3, -0.25) is 9.78 Å². The molecule has 0 aliphatic carbocycles. The standard InChI is InChI=1S/C15H18N4O/c1-2-17-13-5-6-14(19-11-13)15(20)18-9-7-12-4-3-8-16-10-12/h3-6,8,10-11,17H,2,7,9H2,1H3,(H,18,20). The average molecular weight is 270 g/mol. The van der Waals surface area contributed by atoms with Crippen LogP contribution in [0.4, 0.5) is 5.69 Å². The third-order valence-corrected chi connectivity index (χ3v) is 2.80. The molecule has 0 bridgehead atoms. The summed E-state index contributed by atoms with van der Waals surface area (Å²) in [7, 11) is 0. The van der Waals surface area contributed by atoms with Gasteiger partial charge < -0.3 is 10.6 Å². The smallest absolute Gasteiger partial charge is 0.269 e. The van der Waals surface area contributed by atoms with Crippen LogP contribution in [0.3, 0.4) is 0 Å². The molecule has 0 saturated heterocycles. The van der Waals surface area contributed by atoms with Crippen molar-refractivity contribution in [2.75, 3.05) is 18.4 Å². The van der Waals surface area contributed by atoms with Gasteiger partial charge in [0.15, 0.2) is 0 Å². The molecule has 0 radical (unpaired) electrons. The second-order valence-corrected chi connectivity index (χ2v) is 4.33. The Morgan fingerprint density at radius 2 is 2.15 bits per heavy atom. The number of hydrogen-bond acceptors (Lipinski definition) is 4. The molecule has 0 fully saturated rings. The van der Waals surface area contributed by atoms with Gasteiger partial charge in [-0.2, -0.15) is 0 Å². The van der Waals surface area contributed by atoms with Gasteiger partial charge in [0, 0.05) is 25.5 Å². The van der Waals surface area contributed by atoms with Crippen LogP contribution < -0.4 is 10.6 Å². The van der Waals surface area contributed by atoms with Crippen molar-refractivity contribution in [3.63, 3.8) is 0 Å². The van der Waals surface area contributed by atoms with Gasteiger partial charge in [0.05, 0.1) is 11.9 Å². The Kier molecular flexibility index (Phi) is 5.06. The minimum Gasteiger partial charge on any atom is -0.384 e. The van der Waals surface area contributed by atoms with Crippen molar-refractivity contribution >= 4 is 11.6 Å². The predicted octanol–water partition coefficient (Wildman–Crippen LogP) is 1.88. The van der Waals surface area contributed by atoms with Gasteiger partial charge >= 0.3 is 0 Å². The molecule has 2 rings (SSSR count). The van der Waals surface area contributed by atoms with Crippen LogP contribution in [0.2, 0.25) is 0 Å². The van der Waals surface area contributed by atoms with Gasteiger partial charge in [-0.1, -0.05) is 6.07 Å². The highest BCUT2D eigenvalue weighted by Gasteiger charge is 2.06. The van der Waals surface area contributed by atoms with E-state index in [4.69, 9.17) is 0 Å². The summed E-state index contributed by atoms with van der Waals surface area (Å²) in [6.45, 7) is 3.42. The van der Waals surface area contributed by atoms with Gasteiger partial charge in [-0.15, -0.1) is 0 Å². The molecule has 0 spiro atoms. The first kappa shape index (κ1) is 14.0. The molecule has 2 aromatic rings. The molecule has 0 atom stereocenters. The van der Waals surface area contributed by atoms with E-state index < -0.39 is 0 Å². The van der Waals surface area contributed by atoms with Crippen molar-refractivity contribution in [3.8, 4) is 0 Å². The maximum Gasteiger partial charge on any atom is 0.269 e. The molecule has 5 heteroatoms. The number of aromatic nitrogens is 2. The number of hydrogen-bond donors (Lipinski definition) is 2. The number of anilines is 1. The Bertz CT molecular complexity index is 540. The molecule has 0 aromatic carbocycles. The molecule has 0 unspecified atom stereocenters. The molecule has 104 valence electrons. The van der Waals surface area contributed by atoms with Gasteiger partial charge in [-0.25, -0.2) is 4.98 Å². The molecule has 2 N–H and O–H groups in total. The van der Waals surface area contributed by atoms with Crippen molar-refractivity contribution in [1.82, 2.24) is 15.3 Å². The summed E-state index contributed by atoms with van der Waals surface area (Å²) in [5.74, 6) is -0.156. The van der Waals surface area contributed by atoms with Crippen molar-refractivity contribution < 1.29 is 4.79 Å². The van der Waals surface area contributed by atoms with E-state index in [0.29, 0.717) is 12.2 Å². The highest BCUT2D eigenvalue weighted by molar-refractivity contribution is 5.92. The fourth-order valence-corrected chi connectivity index (χ4v) is 1.79. The molecule has 1 amide bonds. The molecule has 5 nitrogen and oxygen atoms in total. The minimum atomic E-state index is -0.156. The summed E-state index contributed by atoms with van der Waals surface area (Å²) < 4.78 is 0. The zero-order valence-electron chi connectivity index (χ0n) is 11.5. The number of carbonyl (C=O) groups is 1. The van der Waals surface area contributed by atoms with E-state index >= 15 is 0 Å². The molecule has 0 aliphatic heterocycles. The second-order valence-electron chi connectivity index (χ2n) is 4.33. The summed E-state index contributed by atoms with van der Waals surface area (Å²) in [4.78, 5) is 20.1. The van der Waals surface area contributed by atoms with Crippen molar-refractivity contribution in [2.45, 2.75) is 13.3 Å². The van der Waals surface area contributed by atoms with Gasteiger partial charge in [0.1, 0.15) is 5.69 Å².